The van der Waals surface area contributed by atoms with E-state index < -0.39 is 0 Å². The molecular formula is C23H29Cl2N5O. The third-order valence-electron chi connectivity index (χ3n) is 5.46. The number of aromatic nitrogens is 1. The third kappa shape index (κ3) is 6.31. The van der Waals surface area contributed by atoms with E-state index in [-0.39, 0.29) is 36.8 Å². The zero-order chi connectivity index (χ0) is 20.1. The van der Waals surface area contributed by atoms with Crippen molar-refractivity contribution in [2.24, 2.45) is 5.73 Å². The molecule has 4 rings (SSSR count). The second kappa shape index (κ2) is 11.9. The van der Waals surface area contributed by atoms with Crippen LogP contribution in [0.3, 0.4) is 0 Å². The molecule has 0 saturated carbocycles. The zero-order valence-electron chi connectivity index (χ0n) is 17.3. The summed E-state index contributed by atoms with van der Waals surface area (Å²) in [4.78, 5) is 21.5. The molecule has 1 fully saturated rings. The Morgan fingerprint density at radius 3 is 2.35 bits per heavy atom. The Morgan fingerprint density at radius 1 is 0.968 bits per heavy atom. The maximum atomic E-state index is 12.6. The van der Waals surface area contributed by atoms with E-state index in [0.29, 0.717) is 13.1 Å². The molecule has 0 aliphatic carbocycles. The maximum absolute atomic E-state index is 12.6. The monoisotopic (exact) mass is 461 g/mol. The van der Waals surface area contributed by atoms with Crippen molar-refractivity contribution in [1.29, 1.82) is 0 Å². The SMILES string of the molecule is Cl.Cl.NCC(NC(=O)CN1CCN(c2ccccn2)CC1)c1ccc2ccccc2c1. The lowest BCUT2D eigenvalue weighted by Crippen LogP contribution is -2.50. The number of piperazine rings is 1. The third-order valence-corrected chi connectivity index (χ3v) is 5.46. The highest BCUT2D eigenvalue weighted by atomic mass is 35.5. The minimum Gasteiger partial charge on any atom is -0.354 e. The van der Waals surface area contributed by atoms with Crippen molar-refractivity contribution in [2.45, 2.75) is 6.04 Å². The molecule has 31 heavy (non-hydrogen) atoms. The van der Waals surface area contributed by atoms with Gasteiger partial charge in [-0.25, -0.2) is 4.98 Å². The van der Waals surface area contributed by atoms with E-state index in [1.54, 1.807) is 0 Å². The molecule has 1 aliphatic heterocycles. The lowest BCUT2D eigenvalue weighted by molar-refractivity contribution is -0.123. The molecule has 1 saturated heterocycles. The average Bonchev–Trinajstić information content (AvgIpc) is 2.78. The first kappa shape index (κ1) is 24.9. The summed E-state index contributed by atoms with van der Waals surface area (Å²) < 4.78 is 0. The van der Waals surface area contributed by atoms with Gasteiger partial charge in [0.05, 0.1) is 12.6 Å². The number of amides is 1. The molecule has 0 bridgehead atoms. The van der Waals surface area contributed by atoms with Crippen molar-refractivity contribution in [3.63, 3.8) is 0 Å². The molecule has 0 radical (unpaired) electrons. The molecule has 3 N–H and O–H groups in total. The van der Waals surface area contributed by atoms with E-state index in [4.69, 9.17) is 5.73 Å². The number of nitrogens with zero attached hydrogens (tertiary/aromatic N) is 3. The van der Waals surface area contributed by atoms with Crippen molar-refractivity contribution < 1.29 is 4.79 Å². The fraction of sp³-hybridized carbons (Fsp3) is 0.304. The number of benzene rings is 2. The Morgan fingerprint density at radius 2 is 1.68 bits per heavy atom. The number of hydrogen-bond donors (Lipinski definition) is 2. The van der Waals surface area contributed by atoms with Gasteiger partial charge in [-0.15, -0.1) is 24.8 Å². The second-order valence-electron chi connectivity index (χ2n) is 7.41. The van der Waals surface area contributed by atoms with E-state index in [1.165, 1.54) is 5.39 Å². The van der Waals surface area contributed by atoms with Crippen LogP contribution in [0.25, 0.3) is 10.8 Å². The fourth-order valence-electron chi connectivity index (χ4n) is 3.82. The van der Waals surface area contributed by atoms with Crippen LogP contribution in [0.2, 0.25) is 0 Å². The quantitative estimate of drug-likeness (QED) is 0.589. The molecule has 1 atom stereocenters. The first-order chi connectivity index (χ1) is 14.2. The Kier molecular flexibility index (Phi) is 9.52. The second-order valence-corrected chi connectivity index (χ2v) is 7.41. The van der Waals surface area contributed by atoms with Gasteiger partial charge in [0.1, 0.15) is 5.82 Å². The standard InChI is InChI=1S/C23H27N5O.2ClH/c24-16-21(20-9-8-18-5-1-2-6-19(18)15-20)26-23(29)17-27-11-13-28(14-12-27)22-7-3-4-10-25-22;;/h1-10,15,21H,11-14,16-17,24H2,(H,26,29);2*1H. The van der Waals surface area contributed by atoms with Crippen LogP contribution in [-0.2, 0) is 4.79 Å². The molecule has 2 heterocycles. The number of nitrogens with two attached hydrogens (primary N) is 1. The summed E-state index contributed by atoms with van der Waals surface area (Å²) in [6.07, 6.45) is 1.81. The summed E-state index contributed by atoms with van der Waals surface area (Å²) in [6, 6.07) is 20.2. The Labute approximate surface area is 195 Å². The Hall–Kier alpha value is -2.38. The lowest BCUT2D eigenvalue weighted by Gasteiger charge is -2.35. The largest absolute Gasteiger partial charge is 0.354 e. The number of fused-ring (bicyclic) bond motifs is 1. The highest BCUT2D eigenvalue weighted by molar-refractivity contribution is 5.86. The van der Waals surface area contributed by atoms with Crippen LogP contribution in [-0.4, -0.2) is 55.1 Å². The minimum atomic E-state index is -0.179. The van der Waals surface area contributed by atoms with Crippen LogP contribution in [0.4, 0.5) is 5.82 Å². The summed E-state index contributed by atoms with van der Waals surface area (Å²) >= 11 is 0. The molecule has 3 aromatic rings. The number of pyridine rings is 1. The molecule has 0 spiro atoms. The molecule has 8 heteroatoms. The van der Waals surface area contributed by atoms with E-state index in [0.717, 1.165) is 42.9 Å². The van der Waals surface area contributed by atoms with Crippen LogP contribution in [0.1, 0.15) is 11.6 Å². The average molecular weight is 462 g/mol. The predicted molar refractivity (Wildman–Crippen MR) is 131 cm³/mol. The highest BCUT2D eigenvalue weighted by Crippen LogP contribution is 2.20. The number of nitrogens with one attached hydrogen (secondary N) is 1. The molecule has 2 aromatic carbocycles. The van der Waals surface area contributed by atoms with E-state index in [2.05, 4.69) is 44.4 Å². The van der Waals surface area contributed by atoms with Gasteiger partial charge in [-0.2, -0.15) is 0 Å². The molecule has 1 amide bonds. The van der Waals surface area contributed by atoms with Gasteiger partial charge in [-0.05, 0) is 34.5 Å². The zero-order valence-corrected chi connectivity index (χ0v) is 18.9. The van der Waals surface area contributed by atoms with Crippen molar-refractivity contribution in [2.75, 3.05) is 44.2 Å². The van der Waals surface area contributed by atoms with Gasteiger partial charge in [-0.3, -0.25) is 9.69 Å². The van der Waals surface area contributed by atoms with Gasteiger partial charge in [0, 0.05) is 38.9 Å². The minimum absolute atomic E-state index is 0. The number of halogens is 2. The number of hydrogen-bond acceptors (Lipinski definition) is 5. The van der Waals surface area contributed by atoms with Gasteiger partial charge in [-0.1, -0.05) is 42.5 Å². The fourth-order valence-corrected chi connectivity index (χ4v) is 3.82. The lowest BCUT2D eigenvalue weighted by atomic mass is 10.0. The van der Waals surface area contributed by atoms with Crippen LogP contribution >= 0.6 is 24.8 Å². The van der Waals surface area contributed by atoms with Crippen molar-refractivity contribution >= 4 is 47.3 Å². The number of rotatable bonds is 6. The van der Waals surface area contributed by atoms with Crippen molar-refractivity contribution in [1.82, 2.24) is 15.2 Å². The maximum Gasteiger partial charge on any atom is 0.234 e. The molecule has 1 unspecified atom stereocenters. The molecular weight excluding hydrogens is 433 g/mol. The summed E-state index contributed by atoms with van der Waals surface area (Å²) in [5.74, 6) is 1.01. The topological polar surface area (TPSA) is 74.5 Å². The number of carbonyl (C=O) groups is 1. The normalized spacial score (nSPS) is 14.9. The van der Waals surface area contributed by atoms with Gasteiger partial charge < -0.3 is 16.0 Å². The van der Waals surface area contributed by atoms with Gasteiger partial charge in [0.2, 0.25) is 5.91 Å². The first-order valence-corrected chi connectivity index (χ1v) is 10.1. The van der Waals surface area contributed by atoms with Gasteiger partial charge in [0.15, 0.2) is 0 Å². The number of carbonyl (C=O) groups excluding carboxylic acids is 1. The van der Waals surface area contributed by atoms with Crippen LogP contribution in [0.15, 0.2) is 66.9 Å². The molecule has 6 nitrogen and oxygen atoms in total. The molecule has 166 valence electrons. The Balaban J connectivity index is 0.00000171. The summed E-state index contributed by atoms with van der Waals surface area (Å²) in [7, 11) is 0. The number of anilines is 1. The summed E-state index contributed by atoms with van der Waals surface area (Å²) in [6.45, 7) is 4.18. The van der Waals surface area contributed by atoms with Crippen molar-refractivity contribution in [3.05, 3.63) is 72.4 Å². The first-order valence-electron chi connectivity index (χ1n) is 10.1. The van der Waals surface area contributed by atoms with E-state index >= 15 is 0 Å². The predicted octanol–water partition coefficient (Wildman–Crippen LogP) is 3.02. The molecule has 1 aliphatic rings. The molecule has 1 aromatic heterocycles. The van der Waals surface area contributed by atoms with Crippen LogP contribution in [0, 0.1) is 0 Å². The van der Waals surface area contributed by atoms with Crippen LogP contribution in [0.5, 0.6) is 0 Å². The Bertz CT molecular complexity index is 964. The van der Waals surface area contributed by atoms with E-state index in [9.17, 15) is 4.79 Å². The smallest absolute Gasteiger partial charge is 0.234 e. The summed E-state index contributed by atoms with van der Waals surface area (Å²) in [5.41, 5.74) is 7.01. The van der Waals surface area contributed by atoms with Crippen molar-refractivity contribution in [3.8, 4) is 0 Å². The van der Waals surface area contributed by atoms with E-state index in [1.807, 2.05) is 42.6 Å². The van der Waals surface area contributed by atoms with Gasteiger partial charge in [0.25, 0.3) is 0 Å². The highest BCUT2D eigenvalue weighted by Gasteiger charge is 2.21. The summed E-state index contributed by atoms with van der Waals surface area (Å²) in [5, 5.41) is 5.45. The van der Waals surface area contributed by atoms with Crippen LogP contribution < -0.4 is 16.0 Å². The van der Waals surface area contributed by atoms with Gasteiger partial charge >= 0.3 is 0 Å².